The van der Waals surface area contributed by atoms with Crippen LogP contribution < -0.4 is 0 Å². The topological polar surface area (TPSA) is 9.23 Å². The van der Waals surface area contributed by atoms with Crippen molar-refractivity contribution in [1.29, 1.82) is 0 Å². The second kappa shape index (κ2) is 4.99. The first-order valence-electron chi connectivity index (χ1n) is 4.15. The zero-order valence-electron chi connectivity index (χ0n) is 7.68. The largest absolute Gasteiger partial charge is 0.374 e. The van der Waals surface area contributed by atoms with Crippen LogP contribution in [-0.2, 0) is 11.3 Å². The van der Waals surface area contributed by atoms with Crippen molar-refractivity contribution in [3.05, 3.63) is 33.3 Å². The van der Waals surface area contributed by atoms with Crippen LogP contribution in [0.25, 0.3) is 0 Å². The van der Waals surface area contributed by atoms with E-state index in [1.54, 1.807) is 0 Å². The van der Waals surface area contributed by atoms with Crippen molar-refractivity contribution in [3.8, 4) is 0 Å². The predicted molar refractivity (Wildman–Crippen MR) is 59.1 cm³/mol. The van der Waals surface area contributed by atoms with Gasteiger partial charge < -0.3 is 4.74 Å². The van der Waals surface area contributed by atoms with Crippen molar-refractivity contribution in [1.82, 2.24) is 0 Å². The molecule has 0 amide bonds. The van der Waals surface area contributed by atoms with E-state index in [-0.39, 0.29) is 6.10 Å². The highest BCUT2D eigenvalue weighted by Crippen LogP contribution is 2.26. The van der Waals surface area contributed by atoms with Crippen molar-refractivity contribution >= 4 is 27.5 Å². The molecule has 3 heteroatoms. The molecular formula is C10H12BrClO. The Morgan fingerprint density at radius 3 is 2.77 bits per heavy atom. The monoisotopic (exact) mass is 262 g/mol. The summed E-state index contributed by atoms with van der Waals surface area (Å²) in [5, 5.41) is 0.739. The molecule has 0 bridgehead atoms. The summed E-state index contributed by atoms with van der Waals surface area (Å²) in [6.45, 7) is 4.58. The molecule has 0 aromatic heterocycles. The number of rotatable bonds is 3. The van der Waals surface area contributed by atoms with Gasteiger partial charge in [0.25, 0.3) is 0 Å². The Balaban J connectivity index is 2.71. The third-order valence-corrected chi connectivity index (χ3v) is 2.94. The van der Waals surface area contributed by atoms with Crippen LogP contribution in [0.1, 0.15) is 19.4 Å². The van der Waals surface area contributed by atoms with Crippen LogP contribution >= 0.6 is 27.5 Å². The van der Waals surface area contributed by atoms with E-state index >= 15 is 0 Å². The molecule has 0 spiro atoms. The minimum Gasteiger partial charge on any atom is -0.374 e. The molecule has 0 atom stereocenters. The number of ether oxygens (including phenoxy) is 1. The fourth-order valence-corrected chi connectivity index (χ4v) is 1.50. The Labute approximate surface area is 92.2 Å². The van der Waals surface area contributed by atoms with E-state index in [1.165, 1.54) is 0 Å². The van der Waals surface area contributed by atoms with Crippen molar-refractivity contribution in [3.63, 3.8) is 0 Å². The van der Waals surface area contributed by atoms with E-state index in [0.717, 1.165) is 15.1 Å². The molecule has 0 fully saturated rings. The Kier molecular flexibility index (Phi) is 4.23. The average molecular weight is 264 g/mol. The number of benzene rings is 1. The normalized spacial score (nSPS) is 10.8. The summed E-state index contributed by atoms with van der Waals surface area (Å²) in [7, 11) is 0. The number of hydrogen-bond donors (Lipinski definition) is 0. The van der Waals surface area contributed by atoms with Crippen molar-refractivity contribution in [2.24, 2.45) is 0 Å². The third kappa shape index (κ3) is 3.29. The minimum atomic E-state index is 0.232. The van der Waals surface area contributed by atoms with Gasteiger partial charge in [-0.2, -0.15) is 0 Å². The van der Waals surface area contributed by atoms with Gasteiger partial charge in [-0.05, 0) is 41.4 Å². The van der Waals surface area contributed by atoms with Crippen LogP contribution in [0.5, 0.6) is 0 Å². The zero-order valence-corrected chi connectivity index (χ0v) is 10.0. The van der Waals surface area contributed by atoms with Crippen molar-refractivity contribution in [2.75, 3.05) is 0 Å². The Hall–Kier alpha value is -0.0500. The van der Waals surface area contributed by atoms with Gasteiger partial charge >= 0.3 is 0 Å². The van der Waals surface area contributed by atoms with Gasteiger partial charge in [0.2, 0.25) is 0 Å². The van der Waals surface area contributed by atoms with Crippen LogP contribution in [0.15, 0.2) is 22.7 Å². The second-order valence-corrected chi connectivity index (χ2v) is 4.31. The summed E-state index contributed by atoms with van der Waals surface area (Å²) in [5.41, 5.74) is 1.02. The fourth-order valence-electron chi connectivity index (χ4n) is 0.916. The maximum Gasteiger partial charge on any atom is 0.0735 e. The van der Waals surface area contributed by atoms with E-state index in [1.807, 2.05) is 32.0 Å². The second-order valence-electron chi connectivity index (χ2n) is 3.07. The van der Waals surface area contributed by atoms with Crippen molar-refractivity contribution in [2.45, 2.75) is 26.6 Å². The molecule has 0 saturated heterocycles. The summed E-state index contributed by atoms with van der Waals surface area (Å²) in [6.07, 6.45) is 0.232. The third-order valence-electron chi connectivity index (χ3n) is 1.60. The molecule has 1 rings (SSSR count). The van der Waals surface area contributed by atoms with Gasteiger partial charge in [-0.25, -0.2) is 0 Å². The molecule has 1 aromatic rings. The van der Waals surface area contributed by atoms with Crippen LogP contribution in [0.4, 0.5) is 0 Å². The number of hydrogen-bond acceptors (Lipinski definition) is 1. The maximum absolute atomic E-state index is 6.05. The van der Waals surface area contributed by atoms with Crippen LogP contribution in [0.3, 0.4) is 0 Å². The molecule has 0 unspecified atom stereocenters. The van der Waals surface area contributed by atoms with Gasteiger partial charge in [-0.15, -0.1) is 0 Å². The fraction of sp³-hybridized carbons (Fsp3) is 0.400. The summed E-state index contributed by atoms with van der Waals surface area (Å²) in [5.74, 6) is 0. The van der Waals surface area contributed by atoms with Gasteiger partial charge in [0, 0.05) is 4.47 Å². The molecule has 0 aliphatic rings. The molecule has 0 N–H and O–H groups in total. The van der Waals surface area contributed by atoms with E-state index in [2.05, 4.69) is 15.9 Å². The highest BCUT2D eigenvalue weighted by molar-refractivity contribution is 9.10. The molecule has 0 saturated carbocycles. The molecule has 1 nitrogen and oxygen atoms in total. The quantitative estimate of drug-likeness (QED) is 0.800. The smallest absolute Gasteiger partial charge is 0.0735 e. The maximum atomic E-state index is 6.05. The standard InChI is InChI=1S/C10H12BrClO/c1-7(2)13-6-8-4-3-5-9(11)10(8)12/h3-5,7H,6H2,1-2H3. The van der Waals surface area contributed by atoms with Crippen LogP contribution in [0, 0.1) is 0 Å². The SMILES string of the molecule is CC(C)OCc1cccc(Br)c1Cl. The first-order valence-corrected chi connectivity index (χ1v) is 5.33. The highest BCUT2D eigenvalue weighted by Gasteiger charge is 2.04. The zero-order chi connectivity index (χ0) is 9.84. The van der Waals surface area contributed by atoms with Crippen LogP contribution in [0.2, 0.25) is 5.02 Å². The highest BCUT2D eigenvalue weighted by atomic mass is 79.9. The van der Waals surface area contributed by atoms with Gasteiger partial charge in [0.1, 0.15) is 0 Å². The predicted octanol–water partition coefficient (Wildman–Crippen LogP) is 4.03. The summed E-state index contributed by atoms with van der Waals surface area (Å²) in [4.78, 5) is 0. The lowest BCUT2D eigenvalue weighted by molar-refractivity contribution is 0.0657. The van der Waals surface area contributed by atoms with Gasteiger partial charge in [0.05, 0.1) is 17.7 Å². The van der Waals surface area contributed by atoms with Gasteiger partial charge in [-0.3, -0.25) is 0 Å². The summed E-state index contributed by atoms with van der Waals surface area (Å²) in [6, 6.07) is 5.84. The first kappa shape index (κ1) is 11.0. The molecule has 0 heterocycles. The van der Waals surface area contributed by atoms with Crippen molar-refractivity contribution < 1.29 is 4.74 Å². The Bertz CT molecular complexity index is 286. The molecule has 0 aliphatic heterocycles. The molecule has 0 radical (unpaired) electrons. The summed E-state index contributed by atoms with van der Waals surface area (Å²) >= 11 is 9.42. The summed E-state index contributed by atoms with van der Waals surface area (Å²) < 4.78 is 6.37. The Morgan fingerprint density at radius 1 is 1.46 bits per heavy atom. The van der Waals surface area contributed by atoms with Gasteiger partial charge in [0.15, 0.2) is 0 Å². The Morgan fingerprint density at radius 2 is 2.15 bits per heavy atom. The molecule has 13 heavy (non-hydrogen) atoms. The molecule has 0 aliphatic carbocycles. The number of halogens is 2. The van der Waals surface area contributed by atoms with E-state index < -0.39 is 0 Å². The molecular weight excluding hydrogens is 251 g/mol. The molecule has 72 valence electrons. The first-order chi connectivity index (χ1) is 6.11. The van der Waals surface area contributed by atoms with Gasteiger partial charge in [-0.1, -0.05) is 23.7 Å². The van der Waals surface area contributed by atoms with E-state index in [9.17, 15) is 0 Å². The minimum absolute atomic E-state index is 0.232. The van der Waals surface area contributed by atoms with E-state index in [0.29, 0.717) is 6.61 Å². The molecule has 1 aromatic carbocycles. The average Bonchev–Trinajstić information content (AvgIpc) is 2.07. The lowest BCUT2D eigenvalue weighted by Crippen LogP contribution is -2.02. The lowest BCUT2D eigenvalue weighted by atomic mass is 10.2. The van der Waals surface area contributed by atoms with Crippen LogP contribution in [-0.4, -0.2) is 6.10 Å². The lowest BCUT2D eigenvalue weighted by Gasteiger charge is -2.09. The van der Waals surface area contributed by atoms with E-state index in [4.69, 9.17) is 16.3 Å².